The summed E-state index contributed by atoms with van der Waals surface area (Å²) in [5, 5.41) is 10.9. The van der Waals surface area contributed by atoms with Crippen LogP contribution in [0, 0.1) is 6.92 Å². The molecule has 0 unspecified atom stereocenters. The first kappa shape index (κ1) is 25.3. The van der Waals surface area contributed by atoms with Crippen molar-refractivity contribution in [3.05, 3.63) is 82.1 Å². The number of Topliss-reactive ketones (excluding diaryl/α,β-unsaturated/α-hetero) is 1. The fourth-order valence-corrected chi connectivity index (χ4v) is 5.34. The number of aryl methyl sites for hydroxylation is 1. The molecule has 1 saturated heterocycles. The first-order valence-corrected chi connectivity index (χ1v) is 13.3. The van der Waals surface area contributed by atoms with E-state index in [0.717, 1.165) is 55.5 Å². The van der Waals surface area contributed by atoms with Crippen molar-refractivity contribution in [2.24, 2.45) is 0 Å². The molecule has 3 heterocycles. The van der Waals surface area contributed by atoms with Gasteiger partial charge in [-0.1, -0.05) is 18.2 Å². The van der Waals surface area contributed by atoms with Gasteiger partial charge in [0.05, 0.1) is 17.7 Å². The number of allylic oxidation sites excluding steroid dienone is 1. The molecule has 0 saturated carbocycles. The number of nitrogens with zero attached hydrogens (tertiary/aromatic N) is 2. The molecule has 0 radical (unpaired) electrons. The predicted octanol–water partition coefficient (Wildman–Crippen LogP) is 4.76. The number of phenolic OH excluding ortho intramolecular Hbond substituents is 1. The second-order valence-electron chi connectivity index (χ2n) is 10.1. The number of benzene rings is 3. The van der Waals surface area contributed by atoms with Gasteiger partial charge in [0.15, 0.2) is 17.3 Å². The average Bonchev–Trinajstić information content (AvgIpc) is 3.53. The highest BCUT2D eigenvalue weighted by Gasteiger charge is 2.34. The van der Waals surface area contributed by atoms with Gasteiger partial charge in [0.25, 0.3) is 0 Å². The summed E-state index contributed by atoms with van der Waals surface area (Å²) in [6.45, 7) is 9.47. The number of fused-ring (bicyclic) bond motifs is 2. The number of phenols is 1. The van der Waals surface area contributed by atoms with Crippen molar-refractivity contribution in [1.82, 2.24) is 9.80 Å². The van der Waals surface area contributed by atoms with Crippen molar-refractivity contribution in [3.8, 4) is 28.7 Å². The summed E-state index contributed by atoms with van der Waals surface area (Å²) in [7, 11) is 0. The van der Waals surface area contributed by atoms with Crippen LogP contribution in [0.5, 0.6) is 28.7 Å². The van der Waals surface area contributed by atoms with Crippen LogP contribution in [0.25, 0.3) is 6.08 Å². The summed E-state index contributed by atoms with van der Waals surface area (Å²) in [5.74, 6) is 3.11. The summed E-state index contributed by atoms with van der Waals surface area (Å²) in [4.78, 5) is 18.0. The Hall–Kier alpha value is -4.01. The van der Waals surface area contributed by atoms with Crippen LogP contribution in [0.2, 0.25) is 0 Å². The van der Waals surface area contributed by atoms with Crippen molar-refractivity contribution in [1.29, 1.82) is 0 Å². The highest BCUT2D eigenvalue weighted by atomic mass is 16.7. The van der Waals surface area contributed by atoms with Crippen LogP contribution in [-0.4, -0.2) is 60.3 Å². The lowest BCUT2D eigenvalue weighted by Gasteiger charge is -2.35. The molecule has 3 aliphatic heterocycles. The minimum Gasteiger partial charge on any atom is -0.507 e. The van der Waals surface area contributed by atoms with Crippen molar-refractivity contribution in [2.75, 3.05) is 39.6 Å². The summed E-state index contributed by atoms with van der Waals surface area (Å²) in [6, 6.07) is 15.3. The molecule has 0 aliphatic carbocycles. The topological polar surface area (TPSA) is 80.7 Å². The zero-order valence-electron chi connectivity index (χ0n) is 22.2. The first-order valence-electron chi connectivity index (χ1n) is 13.3. The lowest BCUT2D eigenvalue weighted by molar-refractivity contribution is 0.101. The molecule has 8 nitrogen and oxygen atoms in total. The Morgan fingerprint density at radius 3 is 2.41 bits per heavy atom. The lowest BCUT2D eigenvalue weighted by atomic mass is 9.99. The van der Waals surface area contributed by atoms with E-state index in [1.54, 1.807) is 12.1 Å². The minimum absolute atomic E-state index is 0.157. The molecule has 3 aromatic rings. The van der Waals surface area contributed by atoms with Crippen LogP contribution in [0.15, 0.2) is 54.3 Å². The van der Waals surface area contributed by atoms with Crippen LogP contribution >= 0.6 is 0 Å². The van der Waals surface area contributed by atoms with Crippen molar-refractivity contribution in [2.45, 2.75) is 26.9 Å². The van der Waals surface area contributed by atoms with Gasteiger partial charge >= 0.3 is 0 Å². The monoisotopic (exact) mass is 528 g/mol. The van der Waals surface area contributed by atoms with E-state index in [4.69, 9.17) is 18.9 Å². The predicted molar refractivity (Wildman–Crippen MR) is 147 cm³/mol. The molecule has 1 fully saturated rings. The van der Waals surface area contributed by atoms with E-state index in [-0.39, 0.29) is 24.1 Å². The van der Waals surface area contributed by atoms with Crippen molar-refractivity contribution < 1.29 is 28.8 Å². The van der Waals surface area contributed by atoms with Gasteiger partial charge in [0.1, 0.15) is 17.2 Å². The normalized spacial score (nSPS) is 17.9. The highest BCUT2D eigenvalue weighted by Crippen LogP contribution is 2.42. The number of aromatic hydroxyl groups is 1. The molecule has 39 heavy (non-hydrogen) atoms. The zero-order chi connectivity index (χ0) is 26.9. The number of ether oxygens (including phenoxy) is 4. The van der Waals surface area contributed by atoms with Crippen LogP contribution in [0.4, 0.5) is 0 Å². The van der Waals surface area contributed by atoms with E-state index in [1.165, 1.54) is 5.56 Å². The Balaban J connectivity index is 1.14. The third-order valence-corrected chi connectivity index (χ3v) is 7.40. The fraction of sp³-hybridized carbons (Fsp3) is 0.323. The number of carbonyl (C=O) groups excluding carboxylic acids is 1. The van der Waals surface area contributed by atoms with E-state index >= 15 is 0 Å². The lowest BCUT2D eigenvalue weighted by Crippen LogP contribution is -2.45. The number of piperazine rings is 1. The maximum atomic E-state index is 13.3. The Morgan fingerprint density at radius 2 is 1.67 bits per heavy atom. The van der Waals surface area contributed by atoms with E-state index < -0.39 is 0 Å². The molecule has 3 aliphatic rings. The second kappa shape index (κ2) is 10.6. The summed E-state index contributed by atoms with van der Waals surface area (Å²) in [5.41, 5.74) is 3.93. The third-order valence-electron chi connectivity index (χ3n) is 7.40. The Morgan fingerprint density at radius 1 is 0.949 bits per heavy atom. The number of carbonyl (C=O) groups is 1. The maximum absolute atomic E-state index is 13.3. The zero-order valence-corrected chi connectivity index (χ0v) is 22.2. The van der Waals surface area contributed by atoms with Crippen LogP contribution in [0.3, 0.4) is 0 Å². The molecule has 0 bridgehead atoms. The quantitative estimate of drug-likeness (QED) is 0.440. The Labute approximate surface area is 228 Å². The standard InChI is InChI=1S/C31H32N2O6/c1-3-36-23-7-4-21(5-8-23)15-28-30(35)29-20(2)14-25(34)24(31(29)39-28)18-33-12-10-32(11-13-33)17-22-6-9-26-27(16-22)38-19-37-26/h4-9,14-16,34H,3,10-13,17-19H2,1-2H3/b28-15-. The summed E-state index contributed by atoms with van der Waals surface area (Å²) < 4.78 is 22.6. The van der Waals surface area contributed by atoms with E-state index in [0.29, 0.717) is 35.6 Å². The second-order valence-corrected chi connectivity index (χ2v) is 10.1. The van der Waals surface area contributed by atoms with Gasteiger partial charge < -0.3 is 24.1 Å². The molecular formula is C31H32N2O6. The SMILES string of the molecule is CCOc1ccc(/C=C2\Oc3c(CN4CCN(Cc5ccc6c(c5)OCO6)CC4)c(O)cc(C)c3C2=O)cc1. The maximum Gasteiger partial charge on any atom is 0.232 e. The molecular weight excluding hydrogens is 496 g/mol. The summed E-state index contributed by atoms with van der Waals surface area (Å²) >= 11 is 0. The molecule has 0 amide bonds. The van der Waals surface area contributed by atoms with E-state index in [2.05, 4.69) is 21.9 Å². The van der Waals surface area contributed by atoms with Crippen molar-refractivity contribution in [3.63, 3.8) is 0 Å². The van der Waals surface area contributed by atoms with Gasteiger partial charge in [-0.2, -0.15) is 0 Å². The molecule has 1 N–H and O–H groups in total. The van der Waals surface area contributed by atoms with Gasteiger partial charge in [-0.25, -0.2) is 0 Å². The summed E-state index contributed by atoms with van der Waals surface area (Å²) in [6.07, 6.45) is 1.74. The van der Waals surface area contributed by atoms with E-state index in [9.17, 15) is 9.90 Å². The smallest absolute Gasteiger partial charge is 0.232 e. The third kappa shape index (κ3) is 5.17. The largest absolute Gasteiger partial charge is 0.507 e. The molecule has 8 heteroatoms. The molecule has 3 aromatic carbocycles. The van der Waals surface area contributed by atoms with Gasteiger partial charge in [0.2, 0.25) is 12.6 Å². The minimum atomic E-state index is -0.161. The van der Waals surface area contributed by atoms with E-state index in [1.807, 2.05) is 44.2 Å². The fourth-order valence-electron chi connectivity index (χ4n) is 5.34. The van der Waals surface area contributed by atoms with Gasteiger partial charge in [-0.15, -0.1) is 0 Å². The molecule has 202 valence electrons. The average molecular weight is 529 g/mol. The Bertz CT molecular complexity index is 1420. The van der Waals surface area contributed by atoms with Gasteiger partial charge in [0, 0.05) is 39.3 Å². The highest BCUT2D eigenvalue weighted by molar-refractivity contribution is 6.15. The number of hydrogen-bond acceptors (Lipinski definition) is 8. The Kier molecular flexibility index (Phi) is 6.89. The molecule has 0 atom stereocenters. The van der Waals surface area contributed by atoms with Gasteiger partial charge in [-0.05, 0) is 66.9 Å². The first-order chi connectivity index (χ1) is 19.0. The molecule has 0 spiro atoms. The van der Waals surface area contributed by atoms with Crippen LogP contribution in [-0.2, 0) is 13.1 Å². The number of rotatable bonds is 7. The van der Waals surface area contributed by atoms with Gasteiger partial charge in [-0.3, -0.25) is 14.6 Å². The van der Waals surface area contributed by atoms with Crippen LogP contribution in [0.1, 0.15) is 39.5 Å². The van der Waals surface area contributed by atoms with Crippen LogP contribution < -0.4 is 18.9 Å². The number of ketones is 1. The molecule has 6 rings (SSSR count). The van der Waals surface area contributed by atoms with Crippen molar-refractivity contribution >= 4 is 11.9 Å². The molecule has 0 aromatic heterocycles. The number of hydrogen-bond donors (Lipinski definition) is 1.